The molecule has 0 unspecified atom stereocenters. The molecular formula is C15H12F5N3O. The van der Waals surface area contributed by atoms with Gasteiger partial charge in [-0.1, -0.05) is 0 Å². The zero-order chi connectivity index (χ0) is 17.3. The standard InChI is InChI=1S/C15H12F5N3O/c16-11-8(1-2-10(12(11)17)24-15(18,19)20)9-3-23(7-22-9)14-4-13(21,5-14)6-14/h1-3,7H,4-6,21H2. The lowest BCUT2D eigenvalue weighted by molar-refractivity contribution is -0.275. The van der Waals surface area contributed by atoms with E-state index >= 15 is 0 Å². The number of ether oxygens (including phenoxy) is 1. The monoisotopic (exact) mass is 345 g/mol. The predicted molar refractivity (Wildman–Crippen MR) is 73.0 cm³/mol. The van der Waals surface area contributed by atoms with Gasteiger partial charge in [0.1, 0.15) is 0 Å². The Balaban J connectivity index is 1.63. The summed E-state index contributed by atoms with van der Waals surface area (Å²) in [7, 11) is 0. The summed E-state index contributed by atoms with van der Waals surface area (Å²) in [5.74, 6) is -4.35. The van der Waals surface area contributed by atoms with Gasteiger partial charge < -0.3 is 15.0 Å². The Morgan fingerprint density at radius 3 is 2.38 bits per heavy atom. The topological polar surface area (TPSA) is 53.1 Å². The predicted octanol–water partition coefficient (Wildman–Crippen LogP) is 3.32. The minimum Gasteiger partial charge on any atom is -0.403 e. The van der Waals surface area contributed by atoms with Crippen molar-refractivity contribution in [1.29, 1.82) is 0 Å². The molecule has 4 nitrogen and oxygen atoms in total. The molecule has 2 aromatic rings. The SMILES string of the molecule is NC12CC(n3cnc(-c4ccc(OC(F)(F)F)c(F)c4F)c3)(C1)C2. The molecule has 0 atom stereocenters. The number of benzene rings is 1. The van der Waals surface area contributed by atoms with E-state index in [0.717, 1.165) is 31.4 Å². The van der Waals surface area contributed by atoms with Gasteiger partial charge in [-0.15, -0.1) is 13.2 Å². The maximum absolute atomic E-state index is 14.1. The quantitative estimate of drug-likeness (QED) is 0.869. The molecule has 1 aromatic carbocycles. The lowest BCUT2D eigenvalue weighted by atomic mass is 9.44. The van der Waals surface area contributed by atoms with Crippen LogP contribution < -0.4 is 10.5 Å². The highest BCUT2D eigenvalue weighted by atomic mass is 19.4. The average Bonchev–Trinajstić information content (AvgIpc) is 2.87. The Morgan fingerprint density at radius 1 is 1.12 bits per heavy atom. The van der Waals surface area contributed by atoms with E-state index in [9.17, 15) is 22.0 Å². The van der Waals surface area contributed by atoms with E-state index in [1.165, 1.54) is 6.33 Å². The van der Waals surface area contributed by atoms with Crippen LogP contribution in [0.4, 0.5) is 22.0 Å². The zero-order valence-corrected chi connectivity index (χ0v) is 12.2. The van der Waals surface area contributed by atoms with Crippen LogP contribution in [0.5, 0.6) is 5.75 Å². The Bertz CT molecular complexity index is 809. The first-order valence-corrected chi connectivity index (χ1v) is 7.18. The van der Waals surface area contributed by atoms with E-state index in [4.69, 9.17) is 5.73 Å². The van der Waals surface area contributed by atoms with Crippen molar-refractivity contribution in [1.82, 2.24) is 9.55 Å². The molecule has 0 aliphatic heterocycles. The molecular weight excluding hydrogens is 333 g/mol. The number of imidazole rings is 1. The van der Waals surface area contributed by atoms with Gasteiger partial charge in [0.2, 0.25) is 5.82 Å². The zero-order valence-electron chi connectivity index (χ0n) is 12.2. The van der Waals surface area contributed by atoms with Crippen molar-refractivity contribution in [2.45, 2.75) is 36.7 Å². The summed E-state index contributed by atoms with van der Waals surface area (Å²) in [6.45, 7) is 0. The van der Waals surface area contributed by atoms with E-state index < -0.39 is 23.7 Å². The molecule has 0 saturated heterocycles. The van der Waals surface area contributed by atoms with Crippen molar-refractivity contribution < 1.29 is 26.7 Å². The van der Waals surface area contributed by atoms with Crippen molar-refractivity contribution in [2.75, 3.05) is 0 Å². The first kappa shape index (κ1) is 15.4. The van der Waals surface area contributed by atoms with E-state index in [-0.39, 0.29) is 22.3 Å². The molecule has 3 aliphatic rings. The third-order valence-corrected chi connectivity index (χ3v) is 4.72. The molecule has 2 bridgehead atoms. The number of alkyl halides is 3. The molecule has 1 aromatic heterocycles. The summed E-state index contributed by atoms with van der Waals surface area (Å²) in [6, 6.07) is 1.74. The van der Waals surface area contributed by atoms with E-state index in [1.54, 1.807) is 6.20 Å². The molecule has 128 valence electrons. The Labute approximate surface area is 133 Å². The van der Waals surface area contributed by atoms with Crippen molar-refractivity contribution in [3.8, 4) is 17.0 Å². The van der Waals surface area contributed by atoms with Crippen LogP contribution in [0.2, 0.25) is 0 Å². The van der Waals surface area contributed by atoms with Gasteiger partial charge in [-0.2, -0.15) is 4.39 Å². The van der Waals surface area contributed by atoms with Gasteiger partial charge >= 0.3 is 6.36 Å². The van der Waals surface area contributed by atoms with Crippen LogP contribution in [0.1, 0.15) is 19.3 Å². The average molecular weight is 345 g/mol. The van der Waals surface area contributed by atoms with Crippen LogP contribution >= 0.6 is 0 Å². The molecule has 3 saturated carbocycles. The second kappa shape index (κ2) is 4.47. The highest BCUT2D eigenvalue weighted by Crippen LogP contribution is 2.63. The number of hydrogen-bond donors (Lipinski definition) is 1. The molecule has 0 amide bonds. The van der Waals surface area contributed by atoms with Gasteiger partial charge in [0.25, 0.3) is 0 Å². The normalized spacial score (nSPS) is 28.2. The number of aromatic nitrogens is 2. The first-order valence-electron chi connectivity index (χ1n) is 7.18. The van der Waals surface area contributed by atoms with Crippen LogP contribution in [0.25, 0.3) is 11.3 Å². The van der Waals surface area contributed by atoms with Crippen LogP contribution in [-0.4, -0.2) is 21.5 Å². The van der Waals surface area contributed by atoms with Gasteiger partial charge in [-0.05, 0) is 31.4 Å². The maximum Gasteiger partial charge on any atom is 0.573 e. The molecule has 1 heterocycles. The molecule has 2 N–H and O–H groups in total. The number of rotatable bonds is 3. The fourth-order valence-corrected chi connectivity index (χ4v) is 3.74. The second-order valence-electron chi connectivity index (χ2n) is 6.57. The fraction of sp³-hybridized carbons (Fsp3) is 0.400. The summed E-state index contributed by atoms with van der Waals surface area (Å²) in [6.07, 6.45) is 0.353. The third kappa shape index (κ3) is 2.18. The first-order chi connectivity index (χ1) is 11.1. The highest BCUT2D eigenvalue weighted by Gasteiger charge is 2.67. The number of nitrogens with zero attached hydrogens (tertiary/aromatic N) is 2. The van der Waals surface area contributed by atoms with Gasteiger partial charge in [-0.25, -0.2) is 9.37 Å². The smallest absolute Gasteiger partial charge is 0.403 e. The highest BCUT2D eigenvalue weighted by molar-refractivity contribution is 5.61. The van der Waals surface area contributed by atoms with E-state index in [1.807, 2.05) is 4.57 Å². The second-order valence-corrected chi connectivity index (χ2v) is 6.57. The van der Waals surface area contributed by atoms with Gasteiger partial charge in [0, 0.05) is 17.3 Å². The summed E-state index contributed by atoms with van der Waals surface area (Å²) >= 11 is 0. The summed E-state index contributed by atoms with van der Waals surface area (Å²) in [5, 5.41) is 0. The van der Waals surface area contributed by atoms with Crippen molar-refractivity contribution in [3.05, 3.63) is 36.3 Å². The van der Waals surface area contributed by atoms with Crippen molar-refractivity contribution in [2.24, 2.45) is 5.73 Å². The molecule has 24 heavy (non-hydrogen) atoms. The van der Waals surface area contributed by atoms with Crippen LogP contribution in [0.15, 0.2) is 24.7 Å². The van der Waals surface area contributed by atoms with E-state index in [2.05, 4.69) is 9.72 Å². The minimum atomic E-state index is -5.10. The minimum absolute atomic E-state index is 0.117. The summed E-state index contributed by atoms with van der Waals surface area (Å²) in [5.41, 5.74) is 5.66. The number of hydrogen-bond acceptors (Lipinski definition) is 3. The van der Waals surface area contributed by atoms with Crippen LogP contribution in [-0.2, 0) is 5.54 Å². The van der Waals surface area contributed by atoms with Gasteiger partial charge in [0.05, 0.1) is 17.6 Å². The Morgan fingerprint density at radius 2 is 1.79 bits per heavy atom. The lowest BCUT2D eigenvalue weighted by Crippen LogP contribution is -2.76. The fourth-order valence-electron chi connectivity index (χ4n) is 3.74. The van der Waals surface area contributed by atoms with Crippen molar-refractivity contribution >= 4 is 0 Å². The third-order valence-electron chi connectivity index (χ3n) is 4.72. The van der Waals surface area contributed by atoms with Crippen LogP contribution in [0, 0.1) is 11.6 Å². The molecule has 9 heteroatoms. The molecule has 0 radical (unpaired) electrons. The van der Waals surface area contributed by atoms with Crippen molar-refractivity contribution in [3.63, 3.8) is 0 Å². The number of halogens is 5. The van der Waals surface area contributed by atoms with Gasteiger partial charge in [0.15, 0.2) is 11.6 Å². The van der Waals surface area contributed by atoms with Gasteiger partial charge in [-0.3, -0.25) is 0 Å². The summed E-state index contributed by atoms with van der Waals surface area (Å²) < 4.78 is 69.6. The van der Waals surface area contributed by atoms with E-state index in [0.29, 0.717) is 0 Å². The Hall–Kier alpha value is -2.16. The largest absolute Gasteiger partial charge is 0.573 e. The molecule has 3 fully saturated rings. The molecule has 5 rings (SSSR count). The molecule has 0 spiro atoms. The van der Waals surface area contributed by atoms with Crippen LogP contribution in [0.3, 0.4) is 0 Å². The lowest BCUT2D eigenvalue weighted by Gasteiger charge is -2.69. The number of nitrogens with two attached hydrogens (primary N) is 1. The summed E-state index contributed by atoms with van der Waals surface area (Å²) in [4.78, 5) is 4.04. The Kier molecular flexibility index (Phi) is 2.86. The molecule has 3 aliphatic carbocycles. The maximum atomic E-state index is 14.1.